The van der Waals surface area contributed by atoms with E-state index in [1.54, 1.807) is 17.9 Å². The topological polar surface area (TPSA) is 179 Å². The van der Waals surface area contributed by atoms with Crippen molar-refractivity contribution in [3.8, 4) is 0 Å². The maximum atomic E-state index is 11.3. The van der Waals surface area contributed by atoms with Crippen molar-refractivity contribution in [3.63, 3.8) is 0 Å². The van der Waals surface area contributed by atoms with Gasteiger partial charge in [0.2, 0.25) is 10.4 Å². The van der Waals surface area contributed by atoms with E-state index in [1.807, 2.05) is 0 Å². The van der Waals surface area contributed by atoms with E-state index < -0.39 is 15.3 Å². The quantitative estimate of drug-likeness (QED) is 0.220. The van der Waals surface area contributed by atoms with Crippen LogP contribution in [0.5, 0.6) is 0 Å². The lowest BCUT2D eigenvalue weighted by Gasteiger charge is -2.23. The zero-order chi connectivity index (χ0) is 19.2. The summed E-state index contributed by atoms with van der Waals surface area (Å²) in [5.74, 6) is 0.0922. The van der Waals surface area contributed by atoms with E-state index in [9.17, 15) is 23.1 Å². The highest BCUT2D eigenvalue weighted by Gasteiger charge is 2.17. The highest BCUT2D eigenvalue weighted by atomic mass is 32.3. The molecule has 0 bridgehead atoms. The Labute approximate surface area is 149 Å². The van der Waals surface area contributed by atoms with Crippen LogP contribution < -0.4 is 4.90 Å². The Balaban J connectivity index is 0.00000364. The van der Waals surface area contributed by atoms with Crippen LogP contribution in [0.2, 0.25) is 0 Å². The van der Waals surface area contributed by atoms with Gasteiger partial charge in [0.05, 0.1) is 11.5 Å². The Morgan fingerprint density at radius 1 is 1.42 bits per heavy atom. The molecule has 0 radical (unpaired) electrons. The molecule has 1 aromatic carbocycles. The summed E-state index contributed by atoms with van der Waals surface area (Å²) in [6, 6.07) is 4.21. The molecular weight excluding hydrogens is 370 g/mol. The SMILES string of the molecule is CCN(CCOS(=O)(=O)[O-])c1ccc(N=Nc2ncn[nH]2)c([N+](=O)[O-])c1.[H+]. The van der Waals surface area contributed by atoms with Gasteiger partial charge in [-0.25, -0.2) is 13.5 Å². The lowest BCUT2D eigenvalue weighted by molar-refractivity contribution is -0.384. The predicted molar refractivity (Wildman–Crippen MR) is 88.3 cm³/mol. The van der Waals surface area contributed by atoms with Gasteiger partial charge < -0.3 is 9.45 Å². The monoisotopic (exact) mass is 385 g/mol. The normalized spacial score (nSPS) is 11.8. The molecule has 1 heterocycles. The number of H-pyrrole nitrogens is 1. The molecule has 140 valence electrons. The molecule has 13 nitrogen and oxygen atoms in total. The van der Waals surface area contributed by atoms with Crippen molar-refractivity contribution in [1.29, 1.82) is 0 Å². The summed E-state index contributed by atoms with van der Waals surface area (Å²) in [5, 5.41) is 24.8. The summed E-state index contributed by atoms with van der Waals surface area (Å²) >= 11 is 0. The molecule has 0 amide bonds. The summed E-state index contributed by atoms with van der Waals surface area (Å²) in [5.41, 5.74) is 0.135. The third-order valence-electron chi connectivity index (χ3n) is 3.15. The summed E-state index contributed by atoms with van der Waals surface area (Å²) in [7, 11) is -4.79. The summed E-state index contributed by atoms with van der Waals surface area (Å²) < 4.78 is 35.6. The van der Waals surface area contributed by atoms with E-state index in [0.29, 0.717) is 12.2 Å². The number of hydrogen-bond donors (Lipinski definition) is 1. The number of hydrogen-bond acceptors (Lipinski definition) is 11. The molecule has 1 aromatic heterocycles. The molecule has 2 rings (SSSR count). The van der Waals surface area contributed by atoms with Crippen LogP contribution in [-0.2, 0) is 14.6 Å². The molecule has 0 unspecified atom stereocenters. The van der Waals surface area contributed by atoms with E-state index in [1.165, 1.54) is 18.5 Å². The largest absolute Gasteiger partial charge is 1.00 e. The zero-order valence-corrected chi connectivity index (χ0v) is 14.3. The van der Waals surface area contributed by atoms with E-state index in [2.05, 4.69) is 29.6 Å². The highest BCUT2D eigenvalue weighted by molar-refractivity contribution is 7.80. The first-order chi connectivity index (χ1) is 12.3. The standard InChI is InChI=1S/C12H15N7O6S/c1-2-18(5-6-25-26(22,23)24)9-3-4-10(11(7-9)19(20)21)15-17-12-13-8-14-16-12/h3-4,7-8H,2,5-6H2,1H3,(H,13,14,16)(H,22,23,24). The Morgan fingerprint density at radius 3 is 2.77 bits per heavy atom. The van der Waals surface area contributed by atoms with Crippen LogP contribution in [0.3, 0.4) is 0 Å². The average molecular weight is 385 g/mol. The van der Waals surface area contributed by atoms with Gasteiger partial charge in [-0.3, -0.25) is 14.3 Å². The van der Waals surface area contributed by atoms with Gasteiger partial charge in [0, 0.05) is 24.8 Å². The second-order valence-corrected chi connectivity index (χ2v) is 5.80. The molecule has 26 heavy (non-hydrogen) atoms. The molecule has 1 N–H and O–H groups in total. The first kappa shape index (κ1) is 19.4. The minimum atomic E-state index is -4.79. The second-order valence-electron chi connectivity index (χ2n) is 4.75. The first-order valence-corrected chi connectivity index (χ1v) is 8.54. The van der Waals surface area contributed by atoms with Crippen molar-refractivity contribution in [1.82, 2.24) is 15.2 Å². The second kappa shape index (κ2) is 8.41. The molecule has 0 aliphatic heterocycles. The van der Waals surface area contributed by atoms with E-state index in [-0.39, 0.29) is 31.9 Å². The number of nitrogens with one attached hydrogen (secondary N) is 1. The van der Waals surface area contributed by atoms with E-state index >= 15 is 0 Å². The number of likely N-dealkylation sites (N-methyl/N-ethyl adjacent to an activating group) is 1. The summed E-state index contributed by atoms with van der Waals surface area (Å²) in [4.78, 5) is 16.0. The number of nitro benzene ring substituents is 1. The Kier molecular flexibility index (Phi) is 6.26. The predicted octanol–water partition coefficient (Wildman–Crippen LogP) is 1.54. The Morgan fingerprint density at radius 2 is 2.19 bits per heavy atom. The van der Waals surface area contributed by atoms with Gasteiger partial charge >= 0.3 is 1.43 Å². The van der Waals surface area contributed by atoms with Gasteiger partial charge in [-0.15, -0.1) is 10.2 Å². The number of nitro groups is 1. The number of aromatic amines is 1. The molecule has 0 spiro atoms. The van der Waals surface area contributed by atoms with Gasteiger partial charge in [0.15, 0.2) is 5.69 Å². The first-order valence-electron chi connectivity index (χ1n) is 7.21. The molecule has 14 heteroatoms. The maximum absolute atomic E-state index is 11.3. The summed E-state index contributed by atoms with van der Waals surface area (Å²) in [6.07, 6.45) is 1.22. The van der Waals surface area contributed by atoms with E-state index in [4.69, 9.17) is 0 Å². The van der Waals surface area contributed by atoms with Crippen molar-refractivity contribution in [2.24, 2.45) is 10.2 Å². The van der Waals surface area contributed by atoms with Crippen LogP contribution in [0, 0.1) is 10.1 Å². The minimum absolute atomic E-state index is 0. The molecular formula is C12H15N7O6S. The third-order valence-corrected chi connectivity index (χ3v) is 3.60. The summed E-state index contributed by atoms with van der Waals surface area (Å²) in [6.45, 7) is 1.84. The number of anilines is 1. The van der Waals surface area contributed by atoms with Crippen molar-refractivity contribution in [2.45, 2.75) is 6.92 Å². The van der Waals surface area contributed by atoms with Crippen LogP contribution in [0.25, 0.3) is 0 Å². The molecule has 0 atom stereocenters. The molecule has 0 aliphatic rings. The van der Waals surface area contributed by atoms with Crippen LogP contribution in [0.4, 0.5) is 23.0 Å². The zero-order valence-electron chi connectivity index (χ0n) is 14.5. The number of aromatic nitrogens is 3. The Bertz CT molecular complexity index is 890. The van der Waals surface area contributed by atoms with Crippen molar-refractivity contribution >= 4 is 33.4 Å². The molecule has 0 saturated heterocycles. The minimum Gasteiger partial charge on any atom is -0.726 e. The van der Waals surface area contributed by atoms with Gasteiger partial charge in [0.25, 0.3) is 11.6 Å². The fraction of sp³-hybridized carbons (Fsp3) is 0.333. The van der Waals surface area contributed by atoms with Gasteiger partial charge in [-0.1, -0.05) is 0 Å². The number of azo groups is 1. The van der Waals surface area contributed by atoms with Gasteiger partial charge in [-0.2, -0.15) is 10.1 Å². The van der Waals surface area contributed by atoms with Crippen LogP contribution in [0.15, 0.2) is 34.8 Å². The van der Waals surface area contributed by atoms with Crippen molar-refractivity contribution in [2.75, 3.05) is 24.6 Å². The molecule has 0 fully saturated rings. The smallest absolute Gasteiger partial charge is 0.726 e. The van der Waals surface area contributed by atoms with Crippen LogP contribution in [-0.4, -0.2) is 52.8 Å². The fourth-order valence-electron chi connectivity index (χ4n) is 2.01. The van der Waals surface area contributed by atoms with Gasteiger partial charge in [0.1, 0.15) is 6.33 Å². The number of rotatable bonds is 9. The molecule has 2 aromatic rings. The molecule has 0 aliphatic carbocycles. The van der Waals surface area contributed by atoms with Crippen molar-refractivity contribution in [3.05, 3.63) is 34.6 Å². The maximum Gasteiger partial charge on any atom is 1.00 e. The number of nitrogens with zero attached hydrogens (tertiary/aromatic N) is 6. The average Bonchev–Trinajstić information content (AvgIpc) is 3.09. The lowest BCUT2D eigenvalue weighted by atomic mass is 10.2. The fourth-order valence-corrected chi connectivity index (χ4v) is 2.29. The van der Waals surface area contributed by atoms with E-state index in [0.717, 1.165) is 0 Å². The third kappa shape index (κ3) is 5.54. The number of benzene rings is 1. The lowest BCUT2D eigenvalue weighted by Crippen LogP contribution is -2.28. The molecule has 0 saturated carbocycles. The van der Waals surface area contributed by atoms with Crippen LogP contribution in [0.1, 0.15) is 8.35 Å². The van der Waals surface area contributed by atoms with Crippen LogP contribution >= 0.6 is 0 Å². The van der Waals surface area contributed by atoms with Crippen molar-refractivity contribution < 1.29 is 23.5 Å². The Hall–Kier alpha value is -2.97. The van der Waals surface area contributed by atoms with Gasteiger partial charge in [-0.05, 0) is 19.1 Å². The highest BCUT2D eigenvalue weighted by Crippen LogP contribution is 2.32.